The highest BCUT2D eigenvalue weighted by Gasteiger charge is 2.08. The monoisotopic (exact) mass is 406 g/mol. The lowest BCUT2D eigenvalue weighted by Gasteiger charge is -2.11. The summed E-state index contributed by atoms with van der Waals surface area (Å²) >= 11 is 18.8. The Balaban J connectivity index is 2.33. The molecule has 2 aromatic rings. The van der Waals surface area contributed by atoms with Crippen molar-refractivity contribution in [1.29, 1.82) is 5.26 Å². The Labute approximate surface area is 167 Å². The average molecular weight is 407 g/mol. The van der Waals surface area contributed by atoms with Gasteiger partial charge in [-0.2, -0.15) is 5.26 Å². The smallest absolute Gasteiger partial charge is 0.114 e. The summed E-state index contributed by atoms with van der Waals surface area (Å²) in [4.78, 5) is 1.04. The van der Waals surface area contributed by atoms with Gasteiger partial charge in [-0.1, -0.05) is 47.6 Å². The SMILES string of the molecule is Cc1cc(C)c(CSc2cc(Cl)ccc2Cl)cc1C=C(C#N)C(N)=S. The molecule has 0 aliphatic carbocycles. The van der Waals surface area contributed by atoms with Gasteiger partial charge in [0.1, 0.15) is 11.1 Å². The lowest BCUT2D eigenvalue weighted by molar-refractivity contribution is 1.26. The van der Waals surface area contributed by atoms with Crippen LogP contribution in [0, 0.1) is 25.2 Å². The molecule has 2 rings (SSSR count). The summed E-state index contributed by atoms with van der Waals surface area (Å²) < 4.78 is 0. The molecule has 0 saturated heterocycles. The Kier molecular flexibility index (Phi) is 6.92. The van der Waals surface area contributed by atoms with Crippen molar-refractivity contribution >= 4 is 58.2 Å². The minimum atomic E-state index is 0.101. The Morgan fingerprint density at radius 1 is 1.24 bits per heavy atom. The highest BCUT2D eigenvalue weighted by Crippen LogP contribution is 2.33. The minimum absolute atomic E-state index is 0.101. The Hall–Kier alpha value is -1.51. The molecular formula is C19H16Cl2N2S2. The zero-order valence-electron chi connectivity index (χ0n) is 13.8. The predicted molar refractivity (Wildman–Crippen MR) is 112 cm³/mol. The normalized spacial score (nSPS) is 11.2. The second kappa shape index (κ2) is 8.73. The number of hydrogen-bond acceptors (Lipinski definition) is 3. The number of benzene rings is 2. The lowest BCUT2D eigenvalue weighted by Crippen LogP contribution is -2.09. The highest BCUT2D eigenvalue weighted by atomic mass is 35.5. The molecule has 0 fully saturated rings. The first-order chi connectivity index (χ1) is 11.8. The Morgan fingerprint density at radius 2 is 1.96 bits per heavy atom. The maximum atomic E-state index is 9.16. The molecule has 2 aromatic carbocycles. The van der Waals surface area contributed by atoms with Gasteiger partial charge in [-0.05, 0) is 60.4 Å². The number of rotatable bonds is 5. The van der Waals surface area contributed by atoms with Crippen LogP contribution in [0.3, 0.4) is 0 Å². The van der Waals surface area contributed by atoms with Gasteiger partial charge >= 0.3 is 0 Å². The summed E-state index contributed by atoms with van der Waals surface area (Å²) in [6.07, 6.45) is 1.73. The standard InChI is InChI=1S/C19H16Cl2N2S2/c1-11-5-12(2)15(7-13(11)6-14(9-22)19(23)24)10-25-18-8-16(20)3-4-17(18)21/h3-8H,10H2,1-2H3,(H2,23,24). The first kappa shape index (κ1) is 19.8. The summed E-state index contributed by atoms with van der Waals surface area (Å²) in [5.41, 5.74) is 10.2. The van der Waals surface area contributed by atoms with E-state index in [0.29, 0.717) is 15.6 Å². The molecule has 0 bridgehead atoms. The van der Waals surface area contributed by atoms with E-state index in [4.69, 9.17) is 46.4 Å². The van der Waals surface area contributed by atoms with Crippen molar-refractivity contribution < 1.29 is 0 Å². The molecule has 0 aromatic heterocycles. The van der Waals surface area contributed by atoms with Crippen LogP contribution in [0.4, 0.5) is 0 Å². The number of thiocarbonyl (C=S) groups is 1. The molecule has 0 radical (unpaired) electrons. The third-order valence-corrected chi connectivity index (χ3v) is 5.69. The topological polar surface area (TPSA) is 49.8 Å². The van der Waals surface area contributed by atoms with Crippen molar-refractivity contribution in [2.45, 2.75) is 24.5 Å². The van der Waals surface area contributed by atoms with Crippen LogP contribution in [0.1, 0.15) is 22.3 Å². The van der Waals surface area contributed by atoms with Gasteiger partial charge < -0.3 is 5.73 Å². The number of thioether (sulfide) groups is 1. The molecule has 6 heteroatoms. The second-order valence-corrected chi connectivity index (χ2v) is 7.83. The Morgan fingerprint density at radius 3 is 2.60 bits per heavy atom. The van der Waals surface area contributed by atoms with Crippen LogP contribution in [0.2, 0.25) is 10.0 Å². The number of nitriles is 1. The molecule has 0 spiro atoms. The molecule has 0 aliphatic rings. The quantitative estimate of drug-likeness (QED) is 0.282. The zero-order chi connectivity index (χ0) is 18.6. The van der Waals surface area contributed by atoms with Gasteiger partial charge in [0.25, 0.3) is 0 Å². The van der Waals surface area contributed by atoms with Gasteiger partial charge in [0.2, 0.25) is 0 Å². The van der Waals surface area contributed by atoms with E-state index in [1.807, 2.05) is 19.1 Å². The summed E-state index contributed by atoms with van der Waals surface area (Å²) in [6.45, 7) is 4.06. The van der Waals surface area contributed by atoms with Crippen LogP contribution in [0.5, 0.6) is 0 Å². The van der Waals surface area contributed by atoms with Crippen LogP contribution >= 0.6 is 47.2 Å². The number of halogens is 2. The third-order valence-electron chi connectivity index (χ3n) is 3.69. The number of aryl methyl sites for hydroxylation is 2. The van der Waals surface area contributed by atoms with Crippen LogP contribution in [0.25, 0.3) is 6.08 Å². The van der Waals surface area contributed by atoms with Gasteiger partial charge in [0.15, 0.2) is 0 Å². The van der Waals surface area contributed by atoms with Crippen molar-refractivity contribution in [3.63, 3.8) is 0 Å². The van der Waals surface area contributed by atoms with Crippen LogP contribution in [0.15, 0.2) is 40.8 Å². The summed E-state index contributed by atoms with van der Waals surface area (Å²) in [7, 11) is 0. The molecule has 2 nitrogen and oxygen atoms in total. The molecule has 0 aliphatic heterocycles. The van der Waals surface area contributed by atoms with Gasteiger partial charge in [-0.25, -0.2) is 0 Å². The first-order valence-electron chi connectivity index (χ1n) is 7.41. The highest BCUT2D eigenvalue weighted by molar-refractivity contribution is 7.98. The van der Waals surface area contributed by atoms with Crippen molar-refractivity contribution in [2.24, 2.45) is 5.73 Å². The summed E-state index contributed by atoms with van der Waals surface area (Å²) in [5, 5.41) is 10.5. The van der Waals surface area contributed by atoms with E-state index in [1.54, 1.807) is 30.0 Å². The fraction of sp³-hybridized carbons (Fsp3) is 0.158. The number of hydrogen-bond donors (Lipinski definition) is 1. The zero-order valence-corrected chi connectivity index (χ0v) is 16.9. The van der Waals surface area contributed by atoms with Crippen molar-refractivity contribution in [3.8, 4) is 6.07 Å². The molecule has 25 heavy (non-hydrogen) atoms. The van der Waals surface area contributed by atoms with Crippen LogP contribution in [-0.2, 0) is 5.75 Å². The van der Waals surface area contributed by atoms with Crippen molar-refractivity contribution in [2.75, 3.05) is 0 Å². The Bertz CT molecular complexity index is 899. The van der Waals surface area contributed by atoms with E-state index in [9.17, 15) is 0 Å². The van der Waals surface area contributed by atoms with Crippen LogP contribution < -0.4 is 5.73 Å². The summed E-state index contributed by atoms with van der Waals surface area (Å²) in [5.74, 6) is 0.738. The first-order valence-corrected chi connectivity index (χ1v) is 9.56. The van der Waals surface area contributed by atoms with Crippen molar-refractivity contribution in [3.05, 3.63) is 68.2 Å². The van der Waals surface area contributed by atoms with Gasteiger partial charge in [0, 0.05) is 15.7 Å². The average Bonchev–Trinajstić information content (AvgIpc) is 2.55. The maximum absolute atomic E-state index is 9.16. The molecular weight excluding hydrogens is 391 g/mol. The van der Waals surface area contributed by atoms with E-state index < -0.39 is 0 Å². The van der Waals surface area contributed by atoms with Gasteiger partial charge in [-0.15, -0.1) is 11.8 Å². The third kappa shape index (κ3) is 5.23. The molecule has 2 N–H and O–H groups in total. The van der Waals surface area contributed by atoms with Crippen molar-refractivity contribution in [1.82, 2.24) is 0 Å². The fourth-order valence-corrected chi connectivity index (χ4v) is 3.95. The molecule has 0 amide bonds. The minimum Gasteiger partial charge on any atom is -0.389 e. The molecule has 128 valence electrons. The van der Waals surface area contributed by atoms with E-state index in [-0.39, 0.29) is 4.99 Å². The number of nitrogens with two attached hydrogens (primary N) is 1. The molecule has 0 heterocycles. The summed E-state index contributed by atoms with van der Waals surface area (Å²) in [6, 6.07) is 11.6. The van der Waals surface area contributed by atoms with Crippen LogP contribution in [-0.4, -0.2) is 4.99 Å². The predicted octanol–water partition coefficient (Wildman–Crippen LogP) is 6.10. The molecule has 0 unspecified atom stereocenters. The largest absolute Gasteiger partial charge is 0.389 e. The van der Waals surface area contributed by atoms with E-state index in [1.165, 1.54) is 5.56 Å². The lowest BCUT2D eigenvalue weighted by atomic mass is 9.99. The second-order valence-electron chi connectivity index (χ2n) is 5.53. The van der Waals surface area contributed by atoms with E-state index in [0.717, 1.165) is 27.3 Å². The van der Waals surface area contributed by atoms with E-state index >= 15 is 0 Å². The maximum Gasteiger partial charge on any atom is 0.114 e. The van der Waals surface area contributed by atoms with Gasteiger partial charge in [0.05, 0.1) is 10.6 Å². The molecule has 0 saturated carbocycles. The fourth-order valence-electron chi connectivity index (χ4n) is 2.28. The molecule has 0 atom stereocenters. The van der Waals surface area contributed by atoms with E-state index in [2.05, 4.69) is 19.1 Å². The van der Waals surface area contributed by atoms with Gasteiger partial charge in [-0.3, -0.25) is 0 Å². The number of nitrogens with zero attached hydrogens (tertiary/aromatic N) is 1.